The van der Waals surface area contributed by atoms with Gasteiger partial charge in [0.15, 0.2) is 0 Å². The number of hydrogen-bond acceptors (Lipinski definition) is 4. The molecule has 1 amide bonds. The Labute approximate surface area is 140 Å². The number of carbonyl (C=O) groups is 1. The van der Waals surface area contributed by atoms with Crippen LogP contribution in [0, 0.1) is 0 Å². The number of rotatable bonds is 7. The molecule has 1 aromatic carbocycles. The molecule has 0 saturated heterocycles. The number of para-hydroxylation sites is 1. The van der Waals surface area contributed by atoms with E-state index in [9.17, 15) is 4.79 Å². The van der Waals surface area contributed by atoms with E-state index in [4.69, 9.17) is 4.42 Å². The van der Waals surface area contributed by atoms with Crippen LogP contribution in [0.5, 0.6) is 0 Å². The van der Waals surface area contributed by atoms with Crippen LogP contribution in [-0.4, -0.2) is 27.2 Å². The number of hydrogen-bond donors (Lipinski definition) is 1. The fourth-order valence-corrected chi connectivity index (χ4v) is 2.67. The summed E-state index contributed by atoms with van der Waals surface area (Å²) >= 11 is 0. The van der Waals surface area contributed by atoms with Crippen molar-refractivity contribution in [3.05, 3.63) is 36.4 Å². The lowest BCUT2D eigenvalue weighted by molar-refractivity contribution is -0.121. The maximum atomic E-state index is 12.1. The summed E-state index contributed by atoms with van der Waals surface area (Å²) in [6.45, 7) is 5.07. The molecule has 2 aromatic heterocycles. The van der Waals surface area contributed by atoms with Crippen molar-refractivity contribution in [1.29, 1.82) is 0 Å². The number of unbranched alkanes of at least 4 members (excludes halogenated alkanes) is 1. The lowest BCUT2D eigenvalue weighted by Gasteiger charge is -2.06. The Bertz CT molecular complexity index is 835. The molecule has 1 N–H and O–H groups in total. The molecule has 6 heteroatoms. The maximum Gasteiger partial charge on any atom is 0.249 e. The summed E-state index contributed by atoms with van der Waals surface area (Å²) in [5.41, 5.74) is 1.84. The van der Waals surface area contributed by atoms with Crippen molar-refractivity contribution in [2.24, 2.45) is 0 Å². The molecule has 0 aliphatic heterocycles. The zero-order chi connectivity index (χ0) is 16.9. The summed E-state index contributed by atoms with van der Waals surface area (Å²) in [6, 6.07) is 7.93. The minimum atomic E-state index is 0.00975. The van der Waals surface area contributed by atoms with Crippen molar-refractivity contribution in [3.8, 4) is 11.5 Å². The number of nitrogens with zero attached hydrogens (tertiary/aromatic N) is 3. The number of fused-ring (bicyclic) bond motifs is 1. The van der Waals surface area contributed by atoms with Gasteiger partial charge in [0.25, 0.3) is 0 Å². The van der Waals surface area contributed by atoms with Crippen LogP contribution in [0.2, 0.25) is 0 Å². The second-order valence-corrected chi connectivity index (χ2v) is 5.75. The fourth-order valence-electron chi connectivity index (χ4n) is 2.67. The van der Waals surface area contributed by atoms with Crippen LogP contribution in [0.3, 0.4) is 0 Å². The third-order valence-electron chi connectivity index (χ3n) is 3.95. The zero-order valence-corrected chi connectivity index (χ0v) is 14.1. The van der Waals surface area contributed by atoms with Gasteiger partial charge < -0.3 is 14.3 Å². The highest BCUT2D eigenvalue weighted by molar-refractivity contribution is 5.94. The smallest absolute Gasteiger partial charge is 0.249 e. The van der Waals surface area contributed by atoms with Gasteiger partial charge >= 0.3 is 0 Å². The highest BCUT2D eigenvalue weighted by atomic mass is 16.4. The van der Waals surface area contributed by atoms with E-state index in [0.717, 1.165) is 29.3 Å². The molecular formula is C18H22N4O2. The summed E-state index contributed by atoms with van der Waals surface area (Å²) in [5.74, 6) is 1.11. The molecule has 0 radical (unpaired) electrons. The maximum absolute atomic E-state index is 12.1. The van der Waals surface area contributed by atoms with Gasteiger partial charge in [0.2, 0.25) is 17.7 Å². The van der Waals surface area contributed by atoms with E-state index in [1.807, 2.05) is 42.0 Å². The van der Waals surface area contributed by atoms with Crippen LogP contribution < -0.4 is 5.32 Å². The van der Waals surface area contributed by atoms with E-state index < -0.39 is 0 Å². The van der Waals surface area contributed by atoms with Gasteiger partial charge in [-0.3, -0.25) is 4.79 Å². The van der Waals surface area contributed by atoms with Crippen LogP contribution in [-0.2, 0) is 17.8 Å². The first kappa shape index (κ1) is 16.2. The summed E-state index contributed by atoms with van der Waals surface area (Å²) in [4.78, 5) is 12.1. The molecule has 0 aliphatic carbocycles. The molecule has 0 bridgehead atoms. The number of nitrogens with one attached hydrogen (secondary N) is 1. The SMILES string of the molecule is CCCCNC(=O)Cn1cc(-c2nnc(CC)o2)c2ccccc21. The van der Waals surface area contributed by atoms with Crippen LogP contribution in [0.25, 0.3) is 22.4 Å². The highest BCUT2D eigenvalue weighted by Crippen LogP contribution is 2.29. The van der Waals surface area contributed by atoms with Crippen LogP contribution in [0.4, 0.5) is 0 Å². The average Bonchev–Trinajstić information content (AvgIpc) is 3.20. The number of benzene rings is 1. The van der Waals surface area contributed by atoms with Gasteiger partial charge in [-0.15, -0.1) is 10.2 Å². The predicted octanol–water partition coefficient (Wildman–Crippen LogP) is 3.17. The van der Waals surface area contributed by atoms with Crippen molar-refractivity contribution >= 4 is 16.8 Å². The van der Waals surface area contributed by atoms with Crippen LogP contribution in [0.1, 0.15) is 32.6 Å². The second-order valence-electron chi connectivity index (χ2n) is 5.75. The molecule has 24 heavy (non-hydrogen) atoms. The summed E-state index contributed by atoms with van der Waals surface area (Å²) in [5, 5.41) is 12.1. The number of aryl methyl sites for hydroxylation is 1. The second kappa shape index (κ2) is 7.29. The van der Waals surface area contributed by atoms with E-state index >= 15 is 0 Å². The monoisotopic (exact) mass is 326 g/mol. The molecule has 3 aromatic rings. The summed E-state index contributed by atoms with van der Waals surface area (Å²) in [6.07, 6.45) is 4.67. The molecule has 0 atom stereocenters. The number of aromatic nitrogens is 3. The average molecular weight is 326 g/mol. The first-order chi connectivity index (χ1) is 11.7. The Kier molecular flexibility index (Phi) is 4.93. The Morgan fingerprint density at radius 2 is 2.08 bits per heavy atom. The Morgan fingerprint density at radius 1 is 1.25 bits per heavy atom. The minimum Gasteiger partial charge on any atom is -0.421 e. The quantitative estimate of drug-likeness (QED) is 0.677. The van der Waals surface area contributed by atoms with Gasteiger partial charge in [-0.25, -0.2) is 0 Å². The normalized spacial score (nSPS) is 11.1. The standard InChI is InChI=1S/C18H22N4O2/c1-3-5-10-19-16(23)12-22-11-14(13-8-6-7-9-15(13)22)18-21-20-17(4-2)24-18/h6-9,11H,3-5,10,12H2,1-2H3,(H,19,23). The predicted molar refractivity (Wildman–Crippen MR) is 92.5 cm³/mol. The van der Waals surface area contributed by atoms with E-state index in [-0.39, 0.29) is 12.5 Å². The molecule has 0 unspecified atom stereocenters. The molecule has 3 rings (SSSR count). The van der Waals surface area contributed by atoms with Gasteiger partial charge in [-0.2, -0.15) is 0 Å². The Hall–Kier alpha value is -2.63. The lowest BCUT2D eigenvalue weighted by Crippen LogP contribution is -2.28. The van der Waals surface area contributed by atoms with Gasteiger partial charge in [0.05, 0.1) is 5.56 Å². The lowest BCUT2D eigenvalue weighted by atomic mass is 10.2. The molecule has 0 aliphatic rings. The molecule has 0 fully saturated rings. The van der Waals surface area contributed by atoms with E-state index in [0.29, 0.717) is 24.7 Å². The van der Waals surface area contributed by atoms with Gasteiger partial charge in [-0.1, -0.05) is 38.5 Å². The molecule has 126 valence electrons. The van der Waals surface area contributed by atoms with Crippen LogP contribution in [0.15, 0.2) is 34.9 Å². The van der Waals surface area contributed by atoms with E-state index in [1.54, 1.807) is 0 Å². The van der Waals surface area contributed by atoms with E-state index in [1.165, 1.54) is 0 Å². The zero-order valence-electron chi connectivity index (χ0n) is 14.1. The van der Waals surface area contributed by atoms with Crippen molar-refractivity contribution < 1.29 is 9.21 Å². The number of amides is 1. The summed E-state index contributed by atoms with van der Waals surface area (Å²) < 4.78 is 7.62. The van der Waals surface area contributed by atoms with E-state index in [2.05, 4.69) is 22.4 Å². The third kappa shape index (κ3) is 3.32. The molecule has 2 heterocycles. The minimum absolute atomic E-state index is 0.00975. The fraction of sp³-hybridized carbons (Fsp3) is 0.389. The highest BCUT2D eigenvalue weighted by Gasteiger charge is 2.16. The largest absolute Gasteiger partial charge is 0.421 e. The summed E-state index contributed by atoms with van der Waals surface area (Å²) in [7, 11) is 0. The first-order valence-corrected chi connectivity index (χ1v) is 8.40. The van der Waals surface area contributed by atoms with Gasteiger partial charge in [-0.05, 0) is 12.5 Å². The Balaban J connectivity index is 1.90. The van der Waals surface area contributed by atoms with Crippen molar-refractivity contribution in [2.45, 2.75) is 39.7 Å². The molecule has 6 nitrogen and oxygen atoms in total. The first-order valence-electron chi connectivity index (χ1n) is 8.40. The van der Waals surface area contributed by atoms with Crippen LogP contribution >= 0.6 is 0 Å². The van der Waals surface area contributed by atoms with Crippen molar-refractivity contribution in [3.63, 3.8) is 0 Å². The van der Waals surface area contributed by atoms with Gasteiger partial charge in [0.1, 0.15) is 6.54 Å². The molecular weight excluding hydrogens is 304 g/mol. The van der Waals surface area contributed by atoms with Crippen molar-refractivity contribution in [2.75, 3.05) is 6.54 Å². The Morgan fingerprint density at radius 3 is 2.83 bits per heavy atom. The van der Waals surface area contributed by atoms with Gasteiger partial charge in [0, 0.05) is 30.1 Å². The third-order valence-corrected chi connectivity index (χ3v) is 3.95. The molecule has 0 saturated carbocycles. The molecule has 0 spiro atoms. The van der Waals surface area contributed by atoms with Crippen molar-refractivity contribution in [1.82, 2.24) is 20.1 Å². The topological polar surface area (TPSA) is 73.0 Å². The number of carbonyl (C=O) groups excluding carboxylic acids is 1.